The molecule has 92 valence electrons. The van der Waals surface area contributed by atoms with Gasteiger partial charge in [0.15, 0.2) is 0 Å². The molecule has 2 N–H and O–H groups in total. The Labute approximate surface area is 97.1 Å². The molecule has 0 aliphatic carbocycles. The van der Waals surface area contributed by atoms with Crippen LogP contribution in [0.5, 0.6) is 0 Å². The largest absolute Gasteiger partial charge is 0.381 e. The summed E-state index contributed by atoms with van der Waals surface area (Å²) >= 11 is 0. The lowest BCUT2D eigenvalue weighted by molar-refractivity contribution is -0.141. The van der Waals surface area contributed by atoms with Crippen molar-refractivity contribution in [3.8, 4) is 0 Å². The van der Waals surface area contributed by atoms with E-state index in [0.29, 0.717) is 18.4 Å². The Balaban J connectivity index is 1.81. The third kappa shape index (κ3) is 2.74. The fourth-order valence-electron chi connectivity index (χ4n) is 2.58. The highest BCUT2D eigenvalue weighted by Gasteiger charge is 2.29. The highest BCUT2D eigenvalue weighted by atomic mass is 16.5. The average Bonchev–Trinajstić information content (AvgIpc) is 2.39. The predicted octanol–water partition coefficient (Wildman–Crippen LogP) is 0.610. The zero-order valence-corrected chi connectivity index (χ0v) is 9.86. The highest BCUT2D eigenvalue weighted by molar-refractivity contribution is 5.79. The molecule has 0 aromatic rings. The molecule has 0 aromatic carbocycles. The van der Waals surface area contributed by atoms with Gasteiger partial charge in [0, 0.05) is 19.7 Å². The summed E-state index contributed by atoms with van der Waals surface area (Å²) in [7, 11) is 0. The molecule has 2 rings (SSSR count). The fraction of sp³-hybridized carbons (Fsp3) is 0.917. The van der Waals surface area contributed by atoms with E-state index in [9.17, 15) is 4.79 Å². The lowest BCUT2D eigenvalue weighted by Gasteiger charge is -2.34. The van der Waals surface area contributed by atoms with Gasteiger partial charge in [0.25, 0.3) is 0 Å². The molecule has 0 bridgehead atoms. The van der Waals surface area contributed by atoms with Crippen LogP contribution >= 0.6 is 0 Å². The summed E-state index contributed by atoms with van der Waals surface area (Å²) < 4.78 is 5.37. The average molecular weight is 226 g/mol. The number of hydrogen-bond donors (Lipinski definition) is 1. The van der Waals surface area contributed by atoms with Crippen LogP contribution in [0.15, 0.2) is 0 Å². The third-order valence-electron chi connectivity index (χ3n) is 3.77. The second kappa shape index (κ2) is 5.64. The molecule has 16 heavy (non-hydrogen) atoms. The maximum absolute atomic E-state index is 12.2. The summed E-state index contributed by atoms with van der Waals surface area (Å²) in [4.78, 5) is 14.2. The number of piperidine rings is 1. The van der Waals surface area contributed by atoms with Crippen molar-refractivity contribution in [2.75, 3.05) is 32.8 Å². The molecule has 0 radical (unpaired) electrons. The molecule has 2 aliphatic rings. The molecule has 1 atom stereocenters. The van der Waals surface area contributed by atoms with Crippen molar-refractivity contribution in [2.45, 2.75) is 25.7 Å². The smallest absolute Gasteiger partial charge is 0.228 e. The van der Waals surface area contributed by atoms with E-state index in [-0.39, 0.29) is 5.92 Å². The summed E-state index contributed by atoms with van der Waals surface area (Å²) in [6.45, 7) is 3.97. The molecule has 0 aromatic heterocycles. The van der Waals surface area contributed by atoms with Crippen molar-refractivity contribution in [2.24, 2.45) is 17.6 Å². The number of nitrogens with two attached hydrogens (primary N) is 1. The van der Waals surface area contributed by atoms with Crippen LogP contribution in [0.3, 0.4) is 0 Å². The van der Waals surface area contributed by atoms with Gasteiger partial charge < -0.3 is 15.4 Å². The van der Waals surface area contributed by atoms with Gasteiger partial charge in [-0.15, -0.1) is 0 Å². The maximum atomic E-state index is 12.2. The second-order valence-electron chi connectivity index (χ2n) is 4.92. The van der Waals surface area contributed by atoms with E-state index in [2.05, 4.69) is 0 Å². The van der Waals surface area contributed by atoms with Crippen LogP contribution in [0.2, 0.25) is 0 Å². The quantitative estimate of drug-likeness (QED) is 0.750. The number of carbonyl (C=O) groups is 1. The van der Waals surface area contributed by atoms with Crippen molar-refractivity contribution in [1.29, 1.82) is 0 Å². The Bertz CT molecular complexity index is 231. The van der Waals surface area contributed by atoms with Gasteiger partial charge in [-0.25, -0.2) is 0 Å². The van der Waals surface area contributed by atoms with Gasteiger partial charge in [0.2, 0.25) is 5.91 Å². The summed E-state index contributed by atoms with van der Waals surface area (Å²) in [5.74, 6) is 1.03. The van der Waals surface area contributed by atoms with Gasteiger partial charge >= 0.3 is 0 Å². The van der Waals surface area contributed by atoms with Crippen LogP contribution in [0.1, 0.15) is 25.7 Å². The fourth-order valence-corrected chi connectivity index (χ4v) is 2.58. The van der Waals surface area contributed by atoms with Crippen LogP contribution < -0.4 is 5.73 Å². The number of carbonyl (C=O) groups excluding carboxylic acids is 1. The van der Waals surface area contributed by atoms with Crippen LogP contribution in [-0.4, -0.2) is 43.7 Å². The predicted molar refractivity (Wildman–Crippen MR) is 61.9 cm³/mol. The summed E-state index contributed by atoms with van der Waals surface area (Å²) in [6.07, 6.45) is 4.15. The first kappa shape index (κ1) is 11.9. The maximum Gasteiger partial charge on any atom is 0.228 e. The first-order valence-corrected chi connectivity index (χ1v) is 6.38. The van der Waals surface area contributed by atoms with Crippen molar-refractivity contribution in [1.82, 2.24) is 4.90 Å². The Morgan fingerprint density at radius 1 is 1.31 bits per heavy atom. The first-order chi connectivity index (χ1) is 7.81. The molecule has 1 amide bonds. The Kier molecular flexibility index (Phi) is 4.18. The number of amides is 1. The molecule has 4 heteroatoms. The van der Waals surface area contributed by atoms with Crippen LogP contribution in [0.25, 0.3) is 0 Å². The Hall–Kier alpha value is -0.610. The van der Waals surface area contributed by atoms with E-state index in [1.54, 1.807) is 0 Å². The van der Waals surface area contributed by atoms with Gasteiger partial charge in [-0.3, -0.25) is 4.79 Å². The van der Waals surface area contributed by atoms with Crippen molar-refractivity contribution in [3.63, 3.8) is 0 Å². The molecule has 2 fully saturated rings. The molecule has 0 spiro atoms. The van der Waals surface area contributed by atoms with Crippen molar-refractivity contribution < 1.29 is 9.53 Å². The molecule has 4 nitrogen and oxygen atoms in total. The Morgan fingerprint density at radius 2 is 2.06 bits per heavy atom. The van der Waals surface area contributed by atoms with E-state index in [1.807, 2.05) is 4.90 Å². The zero-order chi connectivity index (χ0) is 11.4. The number of nitrogens with zero attached hydrogens (tertiary/aromatic N) is 1. The lowest BCUT2D eigenvalue weighted by Crippen LogP contribution is -2.44. The van der Waals surface area contributed by atoms with Gasteiger partial charge in [0.05, 0.1) is 12.5 Å². The number of ether oxygens (including phenoxy) is 1. The molecular formula is C12H22N2O2. The van der Waals surface area contributed by atoms with Gasteiger partial charge in [-0.1, -0.05) is 0 Å². The normalized spacial score (nSPS) is 28.1. The Morgan fingerprint density at radius 3 is 2.62 bits per heavy atom. The lowest BCUT2D eigenvalue weighted by atomic mass is 9.94. The second-order valence-corrected chi connectivity index (χ2v) is 4.92. The van der Waals surface area contributed by atoms with E-state index in [0.717, 1.165) is 51.9 Å². The SMILES string of the molecule is NCC1CCN(C(=O)C2CCCOC2)CC1. The minimum absolute atomic E-state index is 0.114. The summed E-state index contributed by atoms with van der Waals surface area (Å²) in [5.41, 5.74) is 5.64. The van der Waals surface area contributed by atoms with Crippen LogP contribution in [0, 0.1) is 11.8 Å². The number of likely N-dealkylation sites (tertiary alicyclic amines) is 1. The minimum Gasteiger partial charge on any atom is -0.381 e. The third-order valence-corrected chi connectivity index (χ3v) is 3.77. The molecule has 2 heterocycles. The van der Waals surface area contributed by atoms with Gasteiger partial charge in [0.1, 0.15) is 0 Å². The van der Waals surface area contributed by atoms with E-state index >= 15 is 0 Å². The van der Waals surface area contributed by atoms with Crippen molar-refractivity contribution >= 4 is 5.91 Å². The van der Waals surface area contributed by atoms with Crippen molar-refractivity contribution in [3.05, 3.63) is 0 Å². The van der Waals surface area contributed by atoms with E-state index in [4.69, 9.17) is 10.5 Å². The molecule has 0 saturated carbocycles. The summed E-state index contributed by atoms with van der Waals surface area (Å²) in [6, 6.07) is 0. The molecular weight excluding hydrogens is 204 g/mol. The van der Waals surface area contributed by atoms with Gasteiger partial charge in [-0.2, -0.15) is 0 Å². The monoisotopic (exact) mass is 226 g/mol. The number of hydrogen-bond acceptors (Lipinski definition) is 3. The van der Waals surface area contributed by atoms with Crippen LogP contribution in [-0.2, 0) is 9.53 Å². The first-order valence-electron chi connectivity index (χ1n) is 6.38. The van der Waals surface area contributed by atoms with E-state index in [1.165, 1.54) is 0 Å². The molecule has 2 saturated heterocycles. The van der Waals surface area contributed by atoms with E-state index < -0.39 is 0 Å². The van der Waals surface area contributed by atoms with Gasteiger partial charge in [-0.05, 0) is 38.1 Å². The topological polar surface area (TPSA) is 55.6 Å². The standard InChI is InChI=1S/C12H22N2O2/c13-8-10-3-5-14(6-4-10)12(15)11-2-1-7-16-9-11/h10-11H,1-9,13H2. The van der Waals surface area contributed by atoms with Crippen LogP contribution in [0.4, 0.5) is 0 Å². The minimum atomic E-state index is 0.114. The molecule has 1 unspecified atom stereocenters. The highest BCUT2D eigenvalue weighted by Crippen LogP contribution is 2.21. The number of rotatable bonds is 2. The zero-order valence-electron chi connectivity index (χ0n) is 9.86. The molecule has 2 aliphatic heterocycles. The summed E-state index contributed by atoms with van der Waals surface area (Å²) in [5, 5.41) is 0.